The molecule has 2 N–H and O–H groups in total. The van der Waals surface area contributed by atoms with Gasteiger partial charge in [0.1, 0.15) is 5.69 Å². The van der Waals surface area contributed by atoms with Gasteiger partial charge in [-0.25, -0.2) is 9.50 Å². The monoisotopic (exact) mass is 427 g/mol. The van der Waals surface area contributed by atoms with Crippen molar-refractivity contribution >= 4 is 22.5 Å². The summed E-state index contributed by atoms with van der Waals surface area (Å²) in [5.41, 5.74) is 2.66. The number of aromatic amines is 1. The Labute approximate surface area is 175 Å². The third-order valence-electron chi connectivity index (χ3n) is 5.57. The highest BCUT2D eigenvalue weighted by atomic mass is 19.4. The Morgan fingerprint density at radius 1 is 1.26 bits per heavy atom. The first-order valence-electron chi connectivity index (χ1n) is 10.1. The fourth-order valence-electron chi connectivity index (χ4n) is 3.80. The zero-order valence-corrected chi connectivity index (χ0v) is 16.8. The van der Waals surface area contributed by atoms with Crippen LogP contribution in [0.4, 0.5) is 13.2 Å². The van der Waals surface area contributed by atoms with Gasteiger partial charge in [0.05, 0.1) is 0 Å². The quantitative estimate of drug-likeness (QED) is 0.496. The molecule has 4 aromatic rings. The molecule has 3 heterocycles. The molecule has 1 aliphatic carbocycles. The van der Waals surface area contributed by atoms with Crippen LogP contribution in [0.1, 0.15) is 51.8 Å². The second kappa shape index (κ2) is 7.11. The van der Waals surface area contributed by atoms with Gasteiger partial charge in [-0.05, 0) is 49.9 Å². The van der Waals surface area contributed by atoms with E-state index in [1.165, 1.54) is 6.07 Å². The molecule has 5 rings (SSSR count). The van der Waals surface area contributed by atoms with Crippen molar-refractivity contribution in [2.75, 3.05) is 6.54 Å². The third-order valence-corrected chi connectivity index (χ3v) is 5.57. The molecule has 0 bridgehead atoms. The van der Waals surface area contributed by atoms with Crippen LogP contribution in [0.15, 0.2) is 36.5 Å². The van der Waals surface area contributed by atoms with Crippen molar-refractivity contribution in [1.29, 1.82) is 0 Å². The Kier molecular flexibility index (Phi) is 4.49. The average Bonchev–Trinajstić information content (AvgIpc) is 3.36. The highest BCUT2D eigenvalue weighted by Crippen LogP contribution is 2.41. The molecule has 6 nitrogen and oxygen atoms in total. The molecule has 0 radical (unpaired) electrons. The summed E-state index contributed by atoms with van der Waals surface area (Å²) in [5, 5.41) is 7.73. The predicted molar refractivity (Wildman–Crippen MR) is 109 cm³/mol. The van der Waals surface area contributed by atoms with Gasteiger partial charge in [0, 0.05) is 41.3 Å². The minimum Gasteiger partial charge on any atom is -0.361 e. The summed E-state index contributed by atoms with van der Waals surface area (Å²) in [4.78, 5) is 20.0. The van der Waals surface area contributed by atoms with Crippen LogP contribution in [0.2, 0.25) is 0 Å². The number of halogens is 3. The van der Waals surface area contributed by atoms with Gasteiger partial charge in [-0.3, -0.25) is 4.79 Å². The molecule has 31 heavy (non-hydrogen) atoms. The van der Waals surface area contributed by atoms with Crippen LogP contribution in [-0.2, 0) is 12.6 Å². The zero-order chi connectivity index (χ0) is 21.8. The number of alkyl halides is 3. The molecule has 0 atom stereocenters. The summed E-state index contributed by atoms with van der Waals surface area (Å²) >= 11 is 0. The van der Waals surface area contributed by atoms with E-state index in [1.807, 2.05) is 25.3 Å². The highest BCUT2D eigenvalue weighted by molar-refractivity contribution is 5.93. The van der Waals surface area contributed by atoms with Crippen LogP contribution in [0.25, 0.3) is 16.6 Å². The molecular weight excluding hydrogens is 407 g/mol. The van der Waals surface area contributed by atoms with Gasteiger partial charge in [0.15, 0.2) is 11.3 Å². The van der Waals surface area contributed by atoms with Crippen molar-refractivity contribution in [3.8, 4) is 0 Å². The number of rotatable bonds is 5. The van der Waals surface area contributed by atoms with Gasteiger partial charge < -0.3 is 10.3 Å². The molecule has 1 aromatic carbocycles. The van der Waals surface area contributed by atoms with E-state index in [-0.39, 0.29) is 17.3 Å². The van der Waals surface area contributed by atoms with Gasteiger partial charge in [-0.2, -0.15) is 18.3 Å². The first-order chi connectivity index (χ1) is 14.8. The number of aromatic nitrogens is 4. The minimum absolute atomic E-state index is 0.0361. The van der Waals surface area contributed by atoms with Crippen molar-refractivity contribution in [2.24, 2.45) is 0 Å². The second-order valence-corrected chi connectivity index (χ2v) is 8.01. The second-order valence-electron chi connectivity index (χ2n) is 8.01. The number of fused-ring (bicyclic) bond motifs is 2. The van der Waals surface area contributed by atoms with Crippen molar-refractivity contribution in [1.82, 2.24) is 24.9 Å². The summed E-state index contributed by atoms with van der Waals surface area (Å²) in [7, 11) is 0. The van der Waals surface area contributed by atoms with Gasteiger partial charge in [0.25, 0.3) is 5.91 Å². The van der Waals surface area contributed by atoms with Crippen LogP contribution in [0.3, 0.4) is 0 Å². The van der Waals surface area contributed by atoms with Gasteiger partial charge in [0.2, 0.25) is 0 Å². The van der Waals surface area contributed by atoms with Crippen LogP contribution in [0.5, 0.6) is 0 Å². The maximum atomic E-state index is 13.5. The van der Waals surface area contributed by atoms with Gasteiger partial charge in [-0.15, -0.1) is 0 Å². The maximum absolute atomic E-state index is 13.5. The Balaban J connectivity index is 1.35. The smallest absolute Gasteiger partial charge is 0.361 e. The number of nitrogens with zero attached hydrogens (tertiary/aromatic N) is 3. The van der Waals surface area contributed by atoms with Gasteiger partial charge in [-0.1, -0.05) is 11.6 Å². The normalized spacial score (nSPS) is 14.5. The van der Waals surface area contributed by atoms with Crippen LogP contribution in [-0.4, -0.2) is 32.0 Å². The topological polar surface area (TPSA) is 75.1 Å². The lowest BCUT2D eigenvalue weighted by molar-refractivity contribution is -0.142. The van der Waals surface area contributed by atoms with E-state index in [0.717, 1.165) is 40.9 Å². The molecule has 1 aliphatic rings. The highest BCUT2D eigenvalue weighted by Gasteiger charge is 2.37. The first-order valence-corrected chi connectivity index (χ1v) is 10.1. The molecule has 0 spiro atoms. The van der Waals surface area contributed by atoms with E-state index < -0.39 is 17.8 Å². The standard InChI is InChI=1S/C22H20F3N5O/c1-12-2-5-16-15(8-12)14(11-27-16)6-7-26-21(31)18-10-20-28-17(13-3-4-13)9-19(22(23,24)25)30(20)29-18/h2,5,8-11,13,27H,3-4,6-7H2,1H3,(H,26,31). The molecule has 0 aliphatic heterocycles. The zero-order valence-electron chi connectivity index (χ0n) is 16.8. The Bertz CT molecular complexity index is 1300. The number of amides is 1. The summed E-state index contributed by atoms with van der Waals surface area (Å²) in [6.07, 6.45) is -0.441. The Morgan fingerprint density at radius 2 is 2.06 bits per heavy atom. The number of hydrogen-bond acceptors (Lipinski definition) is 3. The van der Waals surface area contributed by atoms with Crippen LogP contribution < -0.4 is 5.32 Å². The Morgan fingerprint density at radius 3 is 2.81 bits per heavy atom. The first kappa shape index (κ1) is 19.6. The van der Waals surface area contributed by atoms with Crippen molar-refractivity contribution in [2.45, 2.75) is 38.3 Å². The maximum Gasteiger partial charge on any atom is 0.433 e. The Hall–Kier alpha value is -3.36. The largest absolute Gasteiger partial charge is 0.433 e. The van der Waals surface area contributed by atoms with Crippen LogP contribution in [0, 0.1) is 6.92 Å². The molecule has 1 amide bonds. The number of nitrogens with one attached hydrogen (secondary N) is 2. The summed E-state index contributed by atoms with van der Waals surface area (Å²) in [6, 6.07) is 8.45. The minimum atomic E-state index is -4.59. The molecule has 1 fully saturated rings. The van der Waals surface area contributed by atoms with E-state index in [1.54, 1.807) is 0 Å². The SMILES string of the molecule is Cc1ccc2[nH]cc(CCNC(=O)c3cc4nc(C5CC5)cc(C(F)(F)F)n4n3)c2c1. The fraction of sp³-hybridized carbons (Fsp3) is 0.318. The summed E-state index contributed by atoms with van der Waals surface area (Å²) in [6.45, 7) is 2.35. The molecule has 1 saturated carbocycles. The van der Waals surface area contributed by atoms with Crippen molar-refractivity contribution < 1.29 is 18.0 Å². The van der Waals surface area contributed by atoms with Crippen LogP contribution >= 0.6 is 0 Å². The number of aryl methyl sites for hydroxylation is 1. The lowest BCUT2D eigenvalue weighted by Gasteiger charge is -2.10. The number of hydrogen-bond donors (Lipinski definition) is 2. The molecule has 3 aromatic heterocycles. The van der Waals surface area contributed by atoms with Crippen molar-refractivity contribution in [3.63, 3.8) is 0 Å². The van der Waals surface area contributed by atoms with E-state index in [0.29, 0.717) is 23.2 Å². The van der Waals surface area contributed by atoms with E-state index in [4.69, 9.17) is 0 Å². The number of benzene rings is 1. The lowest BCUT2D eigenvalue weighted by atomic mass is 10.1. The molecule has 9 heteroatoms. The van der Waals surface area contributed by atoms with E-state index in [2.05, 4.69) is 26.4 Å². The summed E-state index contributed by atoms with van der Waals surface area (Å²) < 4.78 is 41.3. The molecule has 0 saturated heterocycles. The number of H-pyrrole nitrogens is 1. The third kappa shape index (κ3) is 3.75. The molecule has 160 valence electrons. The summed E-state index contributed by atoms with van der Waals surface area (Å²) in [5.74, 6) is -0.472. The van der Waals surface area contributed by atoms with E-state index >= 15 is 0 Å². The fourth-order valence-corrected chi connectivity index (χ4v) is 3.80. The molecular formula is C22H20F3N5O. The predicted octanol–water partition coefficient (Wildman–Crippen LogP) is 4.39. The van der Waals surface area contributed by atoms with E-state index in [9.17, 15) is 18.0 Å². The average molecular weight is 427 g/mol. The van der Waals surface area contributed by atoms with Crippen molar-refractivity contribution in [3.05, 3.63) is 64.7 Å². The number of carbonyl (C=O) groups excluding carboxylic acids is 1. The lowest BCUT2D eigenvalue weighted by Crippen LogP contribution is -2.26. The molecule has 0 unspecified atom stereocenters. The number of carbonyl (C=O) groups is 1. The van der Waals surface area contributed by atoms with Gasteiger partial charge >= 0.3 is 6.18 Å².